The number of nitrogens with one attached hydrogen (secondary N) is 1. The normalized spacial score (nSPS) is 11.8. The first-order valence-electron chi connectivity index (χ1n) is 10.3. The van der Waals surface area contributed by atoms with E-state index in [1.54, 1.807) is 32.5 Å². The number of methoxy groups -OCH3 is 2. The highest BCUT2D eigenvalue weighted by molar-refractivity contribution is 5.76. The molecule has 1 atom stereocenters. The average Bonchev–Trinajstić information content (AvgIpc) is 3.27. The second kappa shape index (κ2) is 11.3. The molecule has 32 heavy (non-hydrogen) atoms. The largest absolute Gasteiger partial charge is 0.493 e. The van der Waals surface area contributed by atoms with Crippen molar-refractivity contribution < 1.29 is 27.8 Å². The summed E-state index contributed by atoms with van der Waals surface area (Å²) in [6.45, 7) is 2.80. The molecule has 1 aromatic heterocycles. The minimum atomic E-state index is -0.315. The number of amides is 1. The lowest BCUT2D eigenvalue weighted by molar-refractivity contribution is -0.121. The molecule has 0 radical (unpaired) electrons. The number of rotatable bonds is 11. The van der Waals surface area contributed by atoms with Crippen molar-refractivity contribution in [1.29, 1.82) is 0 Å². The molecule has 0 saturated heterocycles. The summed E-state index contributed by atoms with van der Waals surface area (Å²) in [6, 6.07) is 11.3. The molecule has 3 aromatic rings. The van der Waals surface area contributed by atoms with Crippen LogP contribution in [0.2, 0.25) is 0 Å². The highest BCUT2D eigenvalue weighted by Gasteiger charge is 2.14. The van der Waals surface area contributed by atoms with Crippen molar-refractivity contribution in [3.63, 3.8) is 0 Å². The fourth-order valence-electron chi connectivity index (χ4n) is 3.10. The Hall–Kier alpha value is -3.39. The fourth-order valence-corrected chi connectivity index (χ4v) is 3.10. The van der Waals surface area contributed by atoms with Gasteiger partial charge in [0.25, 0.3) is 0 Å². The standard InChI is InChI=1S/C24H27FN2O5/c1-16(18-6-9-20(21(14-18)30-3)31-13-12-29-2)27-23(28)10-11-24-26-15-22(32-24)17-4-7-19(25)8-5-17/h4-9,14-16H,10-13H2,1-3H3,(H,27,28). The molecular weight excluding hydrogens is 415 g/mol. The van der Waals surface area contributed by atoms with Gasteiger partial charge in [0.05, 0.1) is 26.0 Å². The molecule has 8 heteroatoms. The molecule has 0 aliphatic carbocycles. The highest BCUT2D eigenvalue weighted by Crippen LogP contribution is 2.30. The third kappa shape index (κ3) is 6.31. The van der Waals surface area contributed by atoms with E-state index in [4.69, 9.17) is 18.6 Å². The van der Waals surface area contributed by atoms with Gasteiger partial charge in [-0.05, 0) is 48.9 Å². The number of nitrogens with zero attached hydrogens (tertiary/aromatic N) is 1. The zero-order valence-corrected chi connectivity index (χ0v) is 18.4. The Morgan fingerprint density at radius 3 is 2.62 bits per heavy atom. The van der Waals surface area contributed by atoms with Gasteiger partial charge in [0.15, 0.2) is 23.1 Å². The first-order chi connectivity index (χ1) is 15.5. The molecule has 0 saturated carbocycles. The fraction of sp³-hybridized carbons (Fsp3) is 0.333. The zero-order valence-electron chi connectivity index (χ0n) is 18.4. The lowest BCUT2D eigenvalue weighted by Crippen LogP contribution is -2.26. The van der Waals surface area contributed by atoms with Gasteiger partial charge < -0.3 is 23.9 Å². The third-order valence-electron chi connectivity index (χ3n) is 4.86. The molecule has 2 aromatic carbocycles. The van der Waals surface area contributed by atoms with Crippen LogP contribution in [0.4, 0.5) is 4.39 Å². The van der Waals surface area contributed by atoms with Gasteiger partial charge in [-0.15, -0.1) is 0 Å². The number of aryl methyl sites for hydroxylation is 1. The van der Waals surface area contributed by atoms with E-state index in [1.807, 2.05) is 25.1 Å². The van der Waals surface area contributed by atoms with Gasteiger partial charge in [-0.2, -0.15) is 0 Å². The lowest BCUT2D eigenvalue weighted by atomic mass is 10.1. The maximum absolute atomic E-state index is 13.1. The molecule has 0 fully saturated rings. The van der Waals surface area contributed by atoms with E-state index in [-0.39, 0.29) is 24.2 Å². The maximum Gasteiger partial charge on any atom is 0.220 e. The Balaban J connectivity index is 1.53. The lowest BCUT2D eigenvalue weighted by Gasteiger charge is -2.17. The number of hydrogen-bond acceptors (Lipinski definition) is 6. The first kappa shape index (κ1) is 23.3. The van der Waals surface area contributed by atoms with Crippen LogP contribution in [0.25, 0.3) is 11.3 Å². The van der Waals surface area contributed by atoms with Gasteiger partial charge in [-0.1, -0.05) is 6.07 Å². The van der Waals surface area contributed by atoms with Crippen LogP contribution in [0.1, 0.15) is 30.8 Å². The number of aromatic nitrogens is 1. The number of oxazole rings is 1. The molecule has 1 heterocycles. The number of halogens is 1. The molecular formula is C24H27FN2O5. The van der Waals surface area contributed by atoms with Gasteiger partial charge in [-0.3, -0.25) is 4.79 Å². The van der Waals surface area contributed by atoms with Crippen LogP contribution in [-0.2, 0) is 16.0 Å². The van der Waals surface area contributed by atoms with Crippen LogP contribution >= 0.6 is 0 Å². The van der Waals surface area contributed by atoms with Crippen molar-refractivity contribution in [3.05, 3.63) is 65.9 Å². The maximum atomic E-state index is 13.1. The smallest absolute Gasteiger partial charge is 0.220 e. The van der Waals surface area contributed by atoms with Crippen LogP contribution in [0.15, 0.2) is 53.1 Å². The van der Waals surface area contributed by atoms with Gasteiger partial charge in [0.1, 0.15) is 12.4 Å². The monoisotopic (exact) mass is 442 g/mol. The van der Waals surface area contributed by atoms with E-state index in [0.29, 0.717) is 42.8 Å². The summed E-state index contributed by atoms with van der Waals surface area (Å²) in [6.07, 6.45) is 2.16. The van der Waals surface area contributed by atoms with Crippen LogP contribution in [0.5, 0.6) is 11.5 Å². The summed E-state index contributed by atoms with van der Waals surface area (Å²) in [5.74, 6) is 1.75. The molecule has 0 aliphatic rings. The van der Waals surface area contributed by atoms with Gasteiger partial charge in [0.2, 0.25) is 5.91 Å². The molecule has 0 aliphatic heterocycles. The third-order valence-corrected chi connectivity index (χ3v) is 4.86. The van der Waals surface area contributed by atoms with E-state index >= 15 is 0 Å². The van der Waals surface area contributed by atoms with Crippen molar-refractivity contribution in [2.75, 3.05) is 27.4 Å². The Labute approximate surface area is 186 Å². The minimum absolute atomic E-state index is 0.126. The van der Waals surface area contributed by atoms with Crippen molar-refractivity contribution in [3.8, 4) is 22.8 Å². The van der Waals surface area contributed by atoms with Crippen LogP contribution in [0.3, 0.4) is 0 Å². The first-order valence-corrected chi connectivity index (χ1v) is 10.3. The van der Waals surface area contributed by atoms with Crippen LogP contribution < -0.4 is 14.8 Å². The van der Waals surface area contributed by atoms with E-state index < -0.39 is 0 Å². The number of carbonyl (C=O) groups excluding carboxylic acids is 1. The molecule has 0 bridgehead atoms. The van der Waals surface area contributed by atoms with E-state index in [9.17, 15) is 9.18 Å². The predicted molar refractivity (Wildman–Crippen MR) is 117 cm³/mol. The molecule has 1 N–H and O–H groups in total. The van der Waals surface area contributed by atoms with Gasteiger partial charge in [-0.25, -0.2) is 9.37 Å². The van der Waals surface area contributed by atoms with E-state index in [2.05, 4.69) is 10.3 Å². The Bertz CT molecular complexity index is 1020. The number of hydrogen-bond donors (Lipinski definition) is 1. The summed E-state index contributed by atoms with van der Waals surface area (Å²) in [5.41, 5.74) is 1.62. The average molecular weight is 442 g/mol. The van der Waals surface area contributed by atoms with Crippen molar-refractivity contribution in [1.82, 2.24) is 10.3 Å². The van der Waals surface area contributed by atoms with Crippen LogP contribution in [-0.4, -0.2) is 38.3 Å². The summed E-state index contributed by atoms with van der Waals surface area (Å²) in [5, 5.41) is 2.97. The second-order valence-corrected chi connectivity index (χ2v) is 7.17. The highest BCUT2D eigenvalue weighted by atomic mass is 19.1. The van der Waals surface area contributed by atoms with Crippen molar-refractivity contribution in [2.24, 2.45) is 0 Å². The Kier molecular flexibility index (Phi) is 8.21. The molecule has 1 unspecified atom stereocenters. The molecule has 0 spiro atoms. The number of ether oxygens (including phenoxy) is 3. The summed E-state index contributed by atoms with van der Waals surface area (Å²) >= 11 is 0. The second-order valence-electron chi connectivity index (χ2n) is 7.17. The topological polar surface area (TPSA) is 82.8 Å². The molecule has 7 nitrogen and oxygen atoms in total. The molecule has 170 valence electrons. The summed E-state index contributed by atoms with van der Waals surface area (Å²) in [7, 11) is 3.18. The Morgan fingerprint density at radius 1 is 1.12 bits per heavy atom. The minimum Gasteiger partial charge on any atom is -0.493 e. The molecule has 1 amide bonds. The summed E-state index contributed by atoms with van der Waals surface area (Å²) < 4.78 is 34.8. The van der Waals surface area contributed by atoms with Crippen LogP contribution in [0, 0.1) is 5.82 Å². The number of benzene rings is 2. The van der Waals surface area contributed by atoms with Crippen molar-refractivity contribution >= 4 is 5.91 Å². The zero-order chi connectivity index (χ0) is 22.9. The Morgan fingerprint density at radius 2 is 1.91 bits per heavy atom. The summed E-state index contributed by atoms with van der Waals surface area (Å²) in [4.78, 5) is 16.6. The predicted octanol–water partition coefficient (Wildman–Crippen LogP) is 4.32. The van der Waals surface area contributed by atoms with Crippen molar-refractivity contribution in [2.45, 2.75) is 25.8 Å². The quantitative estimate of drug-likeness (QED) is 0.445. The number of carbonyl (C=O) groups is 1. The van der Waals surface area contributed by atoms with E-state index in [1.165, 1.54) is 12.1 Å². The van der Waals surface area contributed by atoms with Gasteiger partial charge in [0, 0.05) is 25.5 Å². The van der Waals surface area contributed by atoms with E-state index in [0.717, 1.165) is 11.1 Å². The SMILES string of the molecule is COCCOc1ccc(C(C)NC(=O)CCc2ncc(-c3ccc(F)cc3)o2)cc1OC. The van der Waals surface area contributed by atoms with Gasteiger partial charge >= 0.3 is 0 Å². The molecule has 3 rings (SSSR count).